The Morgan fingerprint density at radius 3 is 2.64 bits per heavy atom. The van der Waals surface area contributed by atoms with Crippen LogP contribution in [0.25, 0.3) is 22.5 Å². The van der Waals surface area contributed by atoms with Crippen molar-refractivity contribution in [2.75, 3.05) is 6.61 Å². The van der Waals surface area contributed by atoms with Crippen molar-refractivity contribution in [1.82, 2.24) is 0 Å². The number of rotatable bonds is 6. The van der Waals surface area contributed by atoms with Gasteiger partial charge in [-0.05, 0) is 49.6 Å². The molecule has 0 aliphatic carbocycles. The van der Waals surface area contributed by atoms with Gasteiger partial charge in [0.05, 0.1) is 18.3 Å². The van der Waals surface area contributed by atoms with Crippen LogP contribution < -0.4 is 10.2 Å². The SMILES string of the molecule is Cc1cc2oc(-c3ccco3)c(O[C@H](C)C(=O)OCC(C)C)c(=O)c2cc1Cl. The Labute approximate surface area is 167 Å². The topological polar surface area (TPSA) is 78.9 Å². The summed E-state index contributed by atoms with van der Waals surface area (Å²) < 4.78 is 22.2. The van der Waals surface area contributed by atoms with E-state index in [1.54, 1.807) is 18.2 Å². The molecule has 0 unspecified atom stereocenters. The Morgan fingerprint density at radius 2 is 2.00 bits per heavy atom. The van der Waals surface area contributed by atoms with Gasteiger partial charge in [0, 0.05) is 5.02 Å². The van der Waals surface area contributed by atoms with Crippen LogP contribution in [0.4, 0.5) is 0 Å². The zero-order valence-electron chi connectivity index (χ0n) is 16.1. The summed E-state index contributed by atoms with van der Waals surface area (Å²) in [7, 11) is 0. The molecule has 3 aromatic rings. The van der Waals surface area contributed by atoms with Crippen molar-refractivity contribution in [3.8, 4) is 17.3 Å². The van der Waals surface area contributed by atoms with Crippen molar-refractivity contribution in [2.45, 2.75) is 33.8 Å². The number of ether oxygens (including phenoxy) is 2. The summed E-state index contributed by atoms with van der Waals surface area (Å²) in [5.41, 5.74) is 0.667. The molecular formula is C21H21ClO6. The summed E-state index contributed by atoms with van der Waals surface area (Å²) in [6.07, 6.45) is 0.449. The molecule has 148 valence electrons. The molecule has 2 heterocycles. The quantitative estimate of drug-likeness (QED) is 0.539. The minimum absolute atomic E-state index is 0.104. The van der Waals surface area contributed by atoms with Gasteiger partial charge in [0.2, 0.25) is 16.9 Å². The monoisotopic (exact) mass is 404 g/mol. The number of hydrogen-bond acceptors (Lipinski definition) is 6. The maximum Gasteiger partial charge on any atom is 0.347 e. The number of furan rings is 1. The van der Waals surface area contributed by atoms with E-state index in [2.05, 4.69) is 0 Å². The fourth-order valence-electron chi connectivity index (χ4n) is 2.57. The van der Waals surface area contributed by atoms with Crippen molar-refractivity contribution >= 4 is 28.5 Å². The highest BCUT2D eigenvalue weighted by atomic mass is 35.5. The van der Waals surface area contributed by atoms with Gasteiger partial charge in [-0.15, -0.1) is 0 Å². The van der Waals surface area contributed by atoms with Gasteiger partial charge in [-0.25, -0.2) is 4.79 Å². The van der Waals surface area contributed by atoms with Crippen LogP contribution >= 0.6 is 11.6 Å². The Morgan fingerprint density at radius 1 is 1.25 bits per heavy atom. The maximum absolute atomic E-state index is 13.1. The smallest absolute Gasteiger partial charge is 0.347 e. The molecule has 3 rings (SSSR count). The Kier molecular flexibility index (Phi) is 5.79. The lowest BCUT2D eigenvalue weighted by molar-refractivity contribution is -0.152. The number of benzene rings is 1. The van der Waals surface area contributed by atoms with Crippen LogP contribution in [-0.2, 0) is 9.53 Å². The molecule has 0 amide bonds. The van der Waals surface area contributed by atoms with Crippen LogP contribution in [0.5, 0.6) is 5.75 Å². The molecule has 0 aliphatic heterocycles. The van der Waals surface area contributed by atoms with Crippen molar-refractivity contribution in [1.29, 1.82) is 0 Å². The molecule has 1 aromatic carbocycles. The molecule has 0 saturated carbocycles. The van der Waals surface area contributed by atoms with E-state index in [4.69, 9.17) is 29.9 Å². The summed E-state index contributed by atoms with van der Waals surface area (Å²) in [6.45, 7) is 7.44. The fourth-order valence-corrected chi connectivity index (χ4v) is 2.73. The second kappa shape index (κ2) is 8.10. The zero-order valence-corrected chi connectivity index (χ0v) is 16.8. The standard InChI is InChI=1S/C21H21ClO6/c1-11(2)10-26-21(24)13(4)27-20-18(23)14-9-15(22)12(3)8-17(14)28-19(20)16-6-5-7-25-16/h5-9,11,13H,10H2,1-4H3/t13-/m1/s1. The lowest BCUT2D eigenvalue weighted by Gasteiger charge is -2.16. The highest BCUT2D eigenvalue weighted by Gasteiger charge is 2.25. The van der Waals surface area contributed by atoms with Crippen molar-refractivity contribution in [3.05, 3.63) is 51.3 Å². The number of fused-ring (bicyclic) bond motifs is 1. The van der Waals surface area contributed by atoms with Crippen LogP contribution in [0.15, 0.2) is 44.2 Å². The lowest BCUT2D eigenvalue weighted by atomic mass is 10.1. The summed E-state index contributed by atoms with van der Waals surface area (Å²) in [4.78, 5) is 25.3. The van der Waals surface area contributed by atoms with E-state index >= 15 is 0 Å². The first kappa shape index (κ1) is 20.0. The van der Waals surface area contributed by atoms with E-state index in [1.807, 2.05) is 20.8 Å². The normalized spacial score (nSPS) is 12.4. The third-order valence-corrected chi connectivity index (χ3v) is 4.47. The molecule has 7 heteroatoms. The van der Waals surface area contributed by atoms with E-state index in [0.717, 1.165) is 5.56 Å². The van der Waals surface area contributed by atoms with Gasteiger partial charge in [0.25, 0.3) is 0 Å². The summed E-state index contributed by atoms with van der Waals surface area (Å²) in [5.74, 6) is -0.0973. The second-order valence-corrected chi connectivity index (χ2v) is 7.36. The van der Waals surface area contributed by atoms with Gasteiger partial charge in [0.1, 0.15) is 5.58 Å². The van der Waals surface area contributed by atoms with Crippen LogP contribution in [0.1, 0.15) is 26.3 Å². The van der Waals surface area contributed by atoms with Crippen molar-refractivity contribution in [3.63, 3.8) is 0 Å². The zero-order chi connectivity index (χ0) is 20.4. The van der Waals surface area contributed by atoms with E-state index in [0.29, 0.717) is 16.4 Å². The number of halogens is 1. The number of hydrogen-bond donors (Lipinski definition) is 0. The summed E-state index contributed by atoms with van der Waals surface area (Å²) in [5, 5.41) is 0.685. The molecule has 0 radical (unpaired) electrons. The highest BCUT2D eigenvalue weighted by molar-refractivity contribution is 6.32. The minimum Gasteiger partial charge on any atom is -0.471 e. The summed E-state index contributed by atoms with van der Waals surface area (Å²) in [6, 6.07) is 6.51. The minimum atomic E-state index is -1.01. The number of carbonyl (C=O) groups excluding carboxylic acids is 1. The predicted octanol–water partition coefficient (Wildman–Crippen LogP) is 4.98. The second-order valence-electron chi connectivity index (χ2n) is 6.95. The molecule has 1 atom stereocenters. The Hall–Kier alpha value is -2.73. The van der Waals surface area contributed by atoms with Crippen LogP contribution in [-0.4, -0.2) is 18.7 Å². The van der Waals surface area contributed by atoms with Crippen LogP contribution in [0.3, 0.4) is 0 Å². The fraction of sp³-hybridized carbons (Fsp3) is 0.333. The van der Waals surface area contributed by atoms with Crippen molar-refractivity contribution in [2.24, 2.45) is 5.92 Å². The van der Waals surface area contributed by atoms with Gasteiger partial charge in [0.15, 0.2) is 11.9 Å². The molecule has 0 aliphatic rings. The average Bonchev–Trinajstić information content (AvgIpc) is 3.18. The first-order valence-electron chi connectivity index (χ1n) is 8.92. The Balaban J connectivity index is 2.08. The molecular weight excluding hydrogens is 384 g/mol. The third kappa shape index (κ3) is 4.07. The van der Waals surface area contributed by atoms with Gasteiger partial charge in [-0.3, -0.25) is 4.79 Å². The lowest BCUT2D eigenvalue weighted by Crippen LogP contribution is -2.29. The number of esters is 1. The van der Waals surface area contributed by atoms with E-state index in [1.165, 1.54) is 19.3 Å². The summed E-state index contributed by atoms with van der Waals surface area (Å²) >= 11 is 6.16. The molecule has 0 N–H and O–H groups in total. The van der Waals surface area contributed by atoms with E-state index < -0.39 is 17.5 Å². The highest BCUT2D eigenvalue weighted by Crippen LogP contribution is 2.33. The maximum atomic E-state index is 13.1. The van der Waals surface area contributed by atoms with Gasteiger partial charge in [-0.1, -0.05) is 25.4 Å². The molecule has 0 fully saturated rings. The van der Waals surface area contributed by atoms with Crippen LogP contribution in [0, 0.1) is 12.8 Å². The predicted molar refractivity (Wildman–Crippen MR) is 106 cm³/mol. The molecule has 0 bridgehead atoms. The average molecular weight is 405 g/mol. The van der Waals surface area contributed by atoms with Crippen LogP contribution in [0.2, 0.25) is 5.02 Å². The first-order chi connectivity index (χ1) is 13.3. The van der Waals surface area contributed by atoms with Gasteiger partial charge in [-0.2, -0.15) is 0 Å². The largest absolute Gasteiger partial charge is 0.471 e. The molecule has 28 heavy (non-hydrogen) atoms. The Bertz CT molecular complexity index is 1050. The first-order valence-corrected chi connectivity index (χ1v) is 9.29. The number of aryl methyl sites for hydroxylation is 1. The molecule has 6 nitrogen and oxygen atoms in total. The molecule has 2 aromatic heterocycles. The number of carbonyl (C=O) groups is 1. The molecule has 0 saturated heterocycles. The van der Waals surface area contributed by atoms with E-state index in [-0.39, 0.29) is 29.4 Å². The molecule has 0 spiro atoms. The van der Waals surface area contributed by atoms with E-state index in [9.17, 15) is 9.59 Å². The van der Waals surface area contributed by atoms with Crippen molar-refractivity contribution < 1.29 is 23.1 Å². The van der Waals surface area contributed by atoms with Gasteiger partial charge < -0.3 is 18.3 Å². The third-order valence-electron chi connectivity index (χ3n) is 4.06. The van der Waals surface area contributed by atoms with Gasteiger partial charge >= 0.3 is 5.97 Å².